The molecule has 0 radical (unpaired) electrons. The average Bonchev–Trinajstić information content (AvgIpc) is 1.54. The maximum absolute atomic E-state index is 2.50. The molecular weight excluding hydrogens is 1230 g/mol. The fourth-order valence-electron chi connectivity index (χ4n) is 16.6. The SMILES string of the molecule is c1ccc(-n2c3cccc(-c4cccc(N(c5ccccc5-c5cccc(-c6cccc7c(N(c8cccc(-c9cccc%10c9c9c%11ccccc%11ccc9n%10-c9ccccc9)c8)c8cccc9ccccc89)cccc67)c5)c5cccc6ccccc56)c4)c3c3c4ccccc4ccc32)cc1. The quantitative estimate of drug-likeness (QED) is 0.121. The molecule has 0 saturated heterocycles. The van der Waals surface area contributed by atoms with Crippen LogP contribution in [0.4, 0.5) is 34.1 Å². The van der Waals surface area contributed by atoms with Gasteiger partial charge >= 0.3 is 0 Å². The second kappa shape index (κ2) is 24.2. The first-order valence-corrected chi connectivity index (χ1v) is 35.1. The standard InChI is InChI=1S/C98H64N4/c1-3-36-73(37-4-1)99-91-56-23-48-83(97(91)95-81-45-13-9-28-67(81)58-60-93(95)99)71-34-18-40-75(63-71)101(88-53-20-30-65-26-7-11-42-78(65)88)87-52-16-15-44-80(87)70-33-17-32-69(62-70)77-47-22-51-86-85(77)50-25-55-90(86)102(89-54-21-31-66-27-8-12-43-79(66)89)76-41-19-35-72(64-76)84-49-24-57-92-98(84)96-82-46-14-10-29-68(82)59-61-94(96)100(92)74-38-5-2-6-39-74/h1-64H. The average molecular weight is 1300 g/mol. The maximum atomic E-state index is 2.50. The predicted octanol–water partition coefficient (Wildman–Crippen LogP) is 27.3. The van der Waals surface area contributed by atoms with E-state index >= 15 is 0 Å². The van der Waals surface area contributed by atoms with Crippen molar-refractivity contribution in [2.24, 2.45) is 0 Å². The summed E-state index contributed by atoms with van der Waals surface area (Å²) in [5.41, 5.74) is 22.7. The Balaban J connectivity index is 0.736. The Morgan fingerprint density at radius 2 is 0.500 bits per heavy atom. The number of hydrogen-bond acceptors (Lipinski definition) is 2. The van der Waals surface area contributed by atoms with E-state index < -0.39 is 0 Å². The number of para-hydroxylation sites is 3. The number of rotatable bonds is 12. The van der Waals surface area contributed by atoms with Crippen molar-refractivity contribution in [1.82, 2.24) is 9.13 Å². The van der Waals surface area contributed by atoms with Crippen LogP contribution in [0.1, 0.15) is 0 Å². The van der Waals surface area contributed by atoms with Crippen LogP contribution in [0.3, 0.4) is 0 Å². The van der Waals surface area contributed by atoms with E-state index in [4.69, 9.17) is 0 Å². The van der Waals surface area contributed by atoms with Crippen molar-refractivity contribution in [2.75, 3.05) is 9.80 Å². The van der Waals surface area contributed by atoms with Gasteiger partial charge in [0.1, 0.15) is 0 Å². The minimum atomic E-state index is 1.06. The fraction of sp³-hybridized carbons (Fsp3) is 0. The van der Waals surface area contributed by atoms with Gasteiger partial charge in [0.2, 0.25) is 0 Å². The summed E-state index contributed by atoms with van der Waals surface area (Å²) >= 11 is 0. The van der Waals surface area contributed by atoms with Crippen molar-refractivity contribution in [1.29, 1.82) is 0 Å². The first-order valence-electron chi connectivity index (χ1n) is 35.1. The molecule has 0 atom stereocenters. The second-order valence-electron chi connectivity index (χ2n) is 26.6. The van der Waals surface area contributed by atoms with Crippen molar-refractivity contribution in [3.63, 3.8) is 0 Å². The smallest absolute Gasteiger partial charge is 0.0547 e. The normalized spacial score (nSPS) is 11.7. The molecule has 2 heterocycles. The fourth-order valence-corrected chi connectivity index (χ4v) is 16.6. The van der Waals surface area contributed by atoms with Gasteiger partial charge in [-0.05, 0) is 180 Å². The van der Waals surface area contributed by atoms with Crippen LogP contribution >= 0.6 is 0 Å². The van der Waals surface area contributed by atoms with Crippen molar-refractivity contribution in [2.45, 2.75) is 0 Å². The Bertz CT molecular complexity index is 6710. The van der Waals surface area contributed by atoms with Gasteiger partial charge in [-0.3, -0.25) is 0 Å². The van der Waals surface area contributed by atoms with Gasteiger partial charge in [0, 0.05) is 66.0 Å². The Hall–Kier alpha value is -13.5. The van der Waals surface area contributed by atoms with Gasteiger partial charge in [-0.15, -0.1) is 0 Å². The molecule has 2 aromatic heterocycles. The molecule has 4 heteroatoms. The molecule has 0 aliphatic carbocycles. The van der Waals surface area contributed by atoms with Gasteiger partial charge in [0.25, 0.3) is 0 Å². The summed E-state index contributed by atoms with van der Waals surface area (Å²) < 4.78 is 4.87. The number of nitrogens with zero attached hydrogens (tertiary/aromatic N) is 4. The topological polar surface area (TPSA) is 16.3 Å². The van der Waals surface area contributed by atoms with Gasteiger partial charge < -0.3 is 18.9 Å². The predicted molar refractivity (Wildman–Crippen MR) is 434 cm³/mol. The Labute approximate surface area is 590 Å². The molecule has 18 aromatic carbocycles. The molecule has 0 unspecified atom stereocenters. The number of aromatic nitrogens is 2. The third kappa shape index (κ3) is 9.53. The lowest BCUT2D eigenvalue weighted by molar-refractivity contribution is 1.18. The first-order chi connectivity index (χ1) is 50.6. The van der Waals surface area contributed by atoms with Crippen LogP contribution in [0.2, 0.25) is 0 Å². The van der Waals surface area contributed by atoms with Gasteiger partial charge in [-0.25, -0.2) is 0 Å². The third-order valence-corrected chi connectivity index (χ3v) is 21.0. The molecule has 0 aliphatic rings. The molecule has 20 aromatic rings. The molecule has 0 bridgehead atoms. The highest BCUT2D eigenvalue weighted by Gasteiger charge is 2.26. The van der Waals surface area contributed by atoms with Crippen molar-refractivity contribution < 1.29 is 0 Å². The largest absolute Gasteiger partial charge is 0.309 e. The van der Waals surface area contributed by atoms with Crippen molar-refractivity contribution in [3.05, 3.63) is 388 Å². The van der Waals surface area contributed by atoms with Crippen LogP contribution in [0, 0.1) is 0 Å². The summed E-state index contributed by atoms with van der Waals surface area (Å²) in [6, 6.07) is 143. The highest BCUT2D eigenvalue weighted by Crippen LogP contribution is 2.50. The van der Waals surface area contributed by atoms with E-state index in [-0.39, 0.29) is 0 Å². The molecule has 4 nitrogen and oxygen atoms in total. The molecule has 0 amide bonds. The van der Waals surface area contributed by atoms with E-state index in [0.717, 1.165) is 89.7 Å². The highest BCUT2D eigenvalue weighted by molar-refractivity contribution is 6.27. The van der Waals surface area contributed by atoms with Crippen LogP contribution in [0.25, 0.3) is 153 Å². The van der Waals surface area contributed by atoms with Crippen molar-refractivity contribution >= 4 is 132 Å². The zero-order chi connectivity index (χ0) is 67.2. The van der Waals surface area contributed by atoms with Crippen LogP contribution in [0.5, 0.6) is 0 Å². The monoisotopic (exact) mass is 1300 g/mol. The number of anilines is 6. The zero-order valence-corrected chi connectivity index (χ0v) is 55.7. The molecule has 0 spiro atoms. The van der Waals surface area contributed by atoms with E-state index in [1.165, 1.54) is 97.8 Å². The minimum absolute atomic E-state index is 1.06. The summed E-state index contributed by atoms with van der Waals surface area (Å²) in [6.07, 6.45) is 0. The van der Waals surface area contributed by atoms with Crippen LogP contribution < -0.4 is 9.80 Å². The highest BCUT2D eigenvalue weighted by atomic mass is 15.2. The van der Waals surface area contributed by atoms with Crippen LogP contribution in [-0.4, -0.2) is 9.13 Å². The maximum Gasteiger partial charge on any atom is 0.0547 e. The van der Waals surface area contributed by atoms with E-state index in [9.17, 15) is 0 Å². The molecular formula is C98H64N4. The molecule has 102 heavy (non-hydrogen) atoms. The summed E-state index contributed by atoms with van der Waals surface area (Å²) in [5, 5.41) is 16.9. The number of hydrogen-bond donors (Lipinski definition) is 0. The van der Waals surface area contributed by atoms with Gasteiger partial charge in [-0.1, -0.05) is 285 Å². The lowest BCUT2D eigenvalue weighted by atomic mass is 9.93. The van der Waals surface area contributed by atoms with Crippen LogP contribution in [-0.2, 0) is 0 Å². The van der Waals surface area contributed by atoms with Gasteiger partial charge in [0.15, 0.2) is 0 Å². The molecule has 0 fully saturated rings. The van der Waals surface area contributed by atoms with Crippen LogP contribution in [0.15, 0.2) is 388 Å². The van der Waals surface area contributed by atoms with Crippen molar-refractivity contribution in [3.8, 4) is 55.9 Å². The molecule has 0 N–H and O–H groups in total. The lowest BCUT2D eigenvalue weighted by Gasteiger charge is -2.29. The van der Waals surface area contributed by atoms with E-state index in [2.05, 4.69) is 407 Å². The first kappa shape index (κ1) is 58.6. The Morgan fingerprint density at radius 3 is 1.04 bits per heavy atom. The molecule has 476 valence electrons. The lowest BCUT2D eigenvalue weighted by Crippen LogP contribution is -2.12. The number of benzene rings is 18. The Kier molecular flexibility index (Phi) is 13.9. The van der Waals surface area contributed by atoms with E-state index in [1.54, 1.807) is 0 Å². The molecule has 20 rings (SSSR count). The minimum Gasteiger partial charge on any atom is -0.309 e. The van der Waals surface area contributed by atoms with Gasteiger partial charge in [0.05, 0.1) is 44.8 Å². The molecule has 0 aliphatic heterocycles. The summed E-state index contributed by atoms with van der Waals surface area (Å²) in [6.45, 7) is 0. The molecule has 0 saturated carbocycles. The van der Waals surface area contributed by atoms with E-state index in [0.29, 0.717) is 0 Å². The van der Waals surface area contributed by atoms with E-state index in [1.807, 2.05) is 0 Å². The third-order valence-electron chi connectivity index (χ3n) is 21.0. The second-order valence-corrected chi connectivity index (χ2v) is 26.6. The summed E-state index contributed by atoms with van der Waals surface area (Å²) in [5.74, 6) is 0. The summed E-state index contributed by atoms with van der Waals surface area (Å²) in [4.78, 5) is 4.98. The Morgan fingerprint density at radius 1 is 0.176 bits per heavy atom. The van der Waals surface area contributed by atoms with Gasteiger partial charge in [-0.2, -0.15) is 0 Å². The zero-order valence-electron chi connectivity index (χ0n) is 55.7. The summed E-state index contributed by atoms with van der Waals surface area (Å²) in [7, 11) is 0. The number of fused-ring (bicyclic) bond motifs is 13.